The normalized spacial score (nSPS) is 30.8. The van der Waals surface area contributed by atoms with Crippen LogP contribution in [0.3, 0.4) is 0 Å². The van der Waals surface area contributed by atoms with Gasteiger partial charge in [-0.2, -0.15) is 5.26 Å². The lowest BCUT2D eigenvalue weighted by Gasteiger charge is -2.40. The summed E-state index contributed by atoms with van der Waals surface area (Å²) < 4.78 is 0. The van der Waals surface area contributed by atoms with E-state index in [1.807, 2.05) is 4.90 Å². The highest BCUT2D eigenvalue weighted by molar-refractivity contribution is 6.07. The molecule has 1 aliphatic heterocycles. The first-order chi connectivity index (χ1) is 11.3. The highest BCUT2D eigenvalue weighted by Crippen LogP contribution is 2.43. The van der Waals surface area contributed by atoms with Gasteiger partial charge in [-0.25, -0.2) is 9.69 Å². The number of hydrogen-bond donors (Lipinski definition) is 1. The highest BCUT2D eigenvalue weighted by atomic mass is 16.2. The molecule has 3 fully saturated rings. The average Bonchev–Trinajstić information content (AvgIpc) is 3.31. The number of urea groups is 1. The van der Waals surface area contributed by atoms with Gasteiger partial charge < -0.3 is 5.32 Å². The smallest absolute Gasteiger partial charge is 0.323 e. The Morgan fingerprint density at radius 1 is 1.25 bits per heavy atom. The van der Waals surface area contributed by atoms with Crippen molar-refractivity contribution < 1.29 is 9.59 Å². The van der Waals surface area contributed by atoms with Gasteiger partial charge in [0.1, 0.15) is 5.54 Å². The molecule has 0 unspecified atom stereocenters. The molecule has 2 saturated carbocycles. The van der Waals surface area contributed by atoms with Gasteiger partial charge in [0.05, 0.1) is 19.3 Å². The van der Waals surface area contributed by atoms with Gasteiger partial charge in [0.25, 0.3) is 5.91 Å². The van der Waals surface area contributed by atoms with E-state index in [0.29, 0.717) is 12.0 Å². The molecule has 1 saturated heterocycles. The lowest BCUT2D eigenvalue weighted by Crippen LogP contribution is -2.51. The minimum absolute atomic E-state index is 0.0940. The van der Waals surface area contributed by atoms with Crippen LogP contribution in [0.4, 0.5) is 4.79 Å². The fourth-order valence-corrected chi connectivity index (χ4v) is 4.13. The van der Waals surface area contributed by atoms with Crippen molar-refractivity contribution in [1.82, 2.24) is 15.1 Å². The lowest BCUT2D eigenvalue weighted by atomic mass is 9.67. The fourth-order valence-electron chi connectivity index (χ4n) is 4.13. The molecule has 0 aromatic rings. The van der Waals surface area contributed by atoms with Gasteiger partial charge >= 0.3 is 6.03 Å². The Kier molecular flexibility index (Phi) is 4.33. The summed E-state index contributed by atoms with van der Waals surface area (Å²) >= 11 is 0. The predicted molar refractivity (Wildman–Crippen MR) is 89.7 cm³/mol. The van der Waals surface area contributed by atoms with Crippen LogP contribution in [0.2, 0.25) is 0 Å². The summed E-state index contributed by atoms with van der Waals surface area (Å²) in [6, 6.07) is 2.19. The lowest BCUT2D eigenvalue weighted by molar-refractivity contribution is -0.134. The maximum absolute atomic E-state index is 13.0. The van der Waals surface area contributed by atoms with Crippen molar-refractivity contribution in [3.05, 3.63) is 0 Å². The van der Waals surface area contributed by atoms with Crippen LogP contribution in [0.1, 0.15) is 59.3 Å². The van der Waals surface area contributed by atoms with Crippen LogP contribution in [0.25, 0.3) is 0 Å². The van der Waals surface area contributed by atoms with Crippen molar-refractivity contribution in [2.75, 3.05) is 13.2 Å². The van der Waals surface area contributed by atoms with E-state index in [9.17, 15) is 9.59 Å². The second-order valence-corrected chi connectivity index (χ2v) is 8.66. The summed E-state index contributed by atoms with van der Waals surface area (Å²) in [7, 11) is 0. The zero-order valence-corrected chi connectivity index (χ0v) is 15.0. The standard InChI is InChI=1S/C18H28N4O2/c1-17(2,3)13-6-8-18(9-7-13)15(23)22(16(24)20-18)12-21(11-10-19)14-4-5-14/h13-14H,4-9,11-12H2,1-3H3,(H,20,24). The Hall–Kier alpha value is -1.61. The minimum Gasteiger partial charge on any atom is -0.323 e. The molecular weight excluding hydrogens is 304 g/mol. The number of carbonyl (C=O) groups is 2. The Morgan fingerprint density at radius 3 is 2.38 bits per heavy atom. The van der Waals surface area contributed by atoms with E-state index in [0.717, 1.165) is 38.5 Å². The fraction of sp³-hybridized carbons (Fsp3) is 0.833. The van der Waals surface area contributed by atoms with E-state index < -0.39 is 5.54 Å². The van der Waals surface area contributed by atoms with E-state index >= 15 is 0 Å². The third kappa shape index (κ3) is 3.14. The molecule has 132 valence electrons. The molecule has 24 heavy (non-hydrogen) atoms. The number of nitrogens with one attached hydrogen (secondary N) is 1. The van der Waals surface area contributed by atoms with Crippen LogP contribution in [-0.2, 0) is 4.79 Å². The summed E-state index contributed by atoms with van der Waals surface area (Å²) in [5, 5.41) is 11.9. The van der Waals surface area contributed by atoms with Crippen LogP contribution in [-0.4, -0.2) is 46.5 Å². The van der Waals surface area contributed by atoms with Gasteiger partial charge in [-0.3, -0.25) is 9.69 Å². The SMILES string of the molecule is CC(C)(C)C1CCC2(CC1)NC(=O)N(CN(CC#N)C1CC1)C2=O. The molecule has 3 aliphatic rings. The second-order valence-electron chi connectivity index (χ2n) is 8.66. The molecule has 0 atom stereocenters. The summed E-state index contributed by atoms with van der Waals surface area (Å²) in [6.07, 6.45) is 5.46. The third-order valence-corrected chi connectivity index (χ3v) is 5.97. The van der Waals surface area contributed by atoms with Crippen LogP contribution < -0.4 is 5.32 Å². The zero-order chi connectivity index (χ0) is 17.5. The van der Waals surface area contributed by atoms with Crippen molar-refractivity contribution in [3.63, 3.8) is 0 Å². The third-order valence-electron chi connectivity index (χ3n) is 5.97. The molecular formula is C18H28N4O2. The Bertz CT molecular complexity index is 563. The van der Waals surface area contributed by atoms with Crippen LogP contribution in [0, 0.1) is 22.7 Å². The number of carbonyl (C=O) groups excluding carboxylic acids is 2. The molecule has 1 heterocycles. The summed E-state index contributed by atoms with van der Waals surface area (Å²) in [5.41, 5.74) is -0.469. The van der Waals surface area contributed by atoms with E-state index in [1.54, 1.807) is 0 Å². The molecule has 0 radical (unpaired) electrons. The number of rotatable bonds is 4. The van der Waals surface area contributed by atoms with Gasteiger partial charge in [0.2, 0.25) is 0 Å². The molecule has 0 aromatic carbocycles. The number of imide groups is 1. The van der Waals surface area contributed by atoms with Crippen molar-refractivity contribution in [2.45, 2.75) is 70.9 Å². The van der Waals surface area contributed by atoms with Crippen molar-refractivity contribution >= 4 is 11.9 Å². The summed E-state index contributed by atoms with van der Waals surface area (Å²) in [5.74, 6) is 0.492. The van der Waals surface area contributed by atoms with Crippen molar-refractivity contribution in [2.24, 2.45) is 11.3 Å². The highest BCUT2D eigenvalue weighted by Gasteiger charge is 2.53. The van der Waals surface area contributed by atoms with Gasteiger partial charge in [0, 0.05) is 6.04 Å². The first-order valence-corrected chi connectivity index (χ1v) is 9.02. The molecule has 6 heteroatoms. The Labute approximate surface area is 144 Å². The molecule has 6 nitrogen and oxygen atoms in total. The molecule has 0 bridgehead atoms. The predicted octanol–water partition coefficient (Wildman–Crippen LogP) is 2.46. The maximum Gasteiger partial charge on any atom is 0.326 e. The molecule has 3 amide bonds. The van der Waals surface area contributed by atoms with Gasteiger partial charge in [0.15, 0.2) is 0 Å². The quantitative estimate of drug-likeness (QED) is 0.634. The molecule has 1 N–H and O–H groups in total. The molecule has 1 spiro atoms. The molecule has 3 rings (SSSR count). The number of amides is 3. The molecule has 2 aliphatic carbocycles. The summed E-state index contributed by atoms with van der Waals surface area (Å²) in [4.78, 5) is 28.6. The first-order valence-electron chi connectivity index (χ1n) is 9.02. The van der Waals surface area contributed by atoms with Gasteiger partial charge in [-0.1, -0.05) is 20.8 Å². The largest absolute Gasteiger partial charge is 0.326 e. The maximum atomic E-state index is 13.0. The topological polar surface area (TPSA) is 76.4 Å². The second kappa shape index (κ2) is 6.03. The van der Waals surface area contributed by atoms with Crippen molar-refractivity contribution in [3.8, 4) is 6.07 Å². The number of nitriles is 1. The van der Waals surface area contributed by atoms with Gasteiger partial charge in [-0.05, 0) is 49.9 Å². The number of nitrogens with zero attached hydrogens (tertiary/aromatic N) is 3. The average molecular weight is 332 g/mol. The van der Waals surface area contributed by atoms with E-state index in [1.165, 1.54) is 4.90 Å². The van der Waals surface area contributed by atoms with Crippen LogP contribution in [0.5, 0.6) is 0 Å². The monoisotopic (exact) mass is 332 g/mol. The van der Waals surface area contributed by atoms with Gasteiger partial charge in [-0.15, -0.1) is 0 Å². The Balaban J connectivity index is 1.67. The first kappa shape index (κ1) is 17.2. The van der Waals surface area contributed by atoms with Crippen LogP contribution >= 0.6 is 0 Å². The van der Waals surface area contributed by atoms with Crippen molar-refractivity contribution in [1.29, 1.82) is 5.26 Å². The van der Waals surface area contributed by atoms with E-state index in [4.69, 9.17) is 5.26 Å². The summed E-state index contributed by atoms with van der Waals surface area (Å²) in [6.45, 7) is 7.24. The van der Waals surface area contributed by atoms with E-state index in [-0.39, 0.29) is 30.6 Å². The van der Waals surface area contributed by atoms with E-state index in [2.05, 4.69) is 32.2 Å². The van der Waals surface area contributed by atoms with Crippen LogP contribution in [0.15, 0.2) is 0 Å². The molecule has 0 aromatic heterocycles. The number of hydrogen-bond acceptors (Lipinski definition) is 4. The minimum atomic E-state index is -0.708. The Morgan fingerprint density at radius 2 is 1.88 bits per heavy atom. The zero-order valence-electron chi connectivity index (χ0n) is 15.0.